The Morgan fingerprint density at radius 1 is 1.24 bits per heavy atom. The first-order valence-electron chi connectivity index (χ1n) is 8.44. The largest absolute Gasteiger partial charge is 0.348 e. The number of hydrogen-bond acceptors (Lipinski definition) is 5. The van der Waals surface area contributed by atoms with E-state index in [1.807, 2.05) is 43.3 Å². The number of nitrogens with one attached hydrogen (secondary N) is 1. The van der Waals surface area contributed by atoms with E-state index in [-0.39, 0.29) is 11.9 Å². The third kappa shape index (κ3) is 3.39. The molecule has 8 heteroatoms. The third-order valence-electron chi connectivity index (χ3n) is 4.59. The second-order valence-corrected chi connectivity index (χ2v) is 7.59. The van der Waals surface area contributed by atoms with Gasteiger partial charge in [0, 0.05) is 30.7 Å². The number of rotatable bonds is 4. The van der Waals surface area contributed by atoms with E-state index < -0.39 is 0 Å². The van der Waals surface area contributed by atoms with Crippen molar-refractivity contribution < 1.29 is 4.79 Å². The first-order valence-corrected chi connectivity index (χ1v) is 9.32. The van der Waals surface area contributed by atoms with E-state index in [9.17, 15) is 4.79 Å². The maximum atomic E-state index is 12.6. The van der Waals surface area contributed by atoms with E-state index >= 15 is 0 Å². The van der Waals surface area contributed by atoms with E-state index in [0.717, 1.165) is 30.8 Å². The normalized spacial score (nSPS) is 20.7. The van der Waals surface area contributed by atoms with Gasteiger partial charge in [0.05, 0.1) is 0 Å². The molecule has 1 saturated carbocycles. The minimum atomic E-state index is -0.0868. The molecule has 3 heterocycles. The van der Waals surface area contributed by atoms with Gasteiger partial charge in [0.2, 0.25) is 0 Å². The van der Waals surface area contributed by atoms with Gasteiger partial charge in [0.1, 0.15) is 12.0 Å². The molecule has 7 nitrogen and oxygen atoms in total. The van der Waals surface area contributed by atoms with Gasteiger partial charge in [-0.1, -0.05) is 17.8 Å². The fourth-order valence-corrected chi connectivity index (χ4v) is 4.37. The van der Waals surface area contributed by atoms with Gasteiger partial charge >= 0.3 is 0 Å². The summed E-state index contributed by atoms with van der Waals surface area (Å²) in [5.41, 5.74) is 1.21. The molecule has 3 aromatic rings. The number of amides is 1. The number of thioether (sulfide) groups is 1. The molecular weight excluding hydrogens is 336 g/mol. The van der Waals surface area contributed by atoms with Crippen LogP contribution in [0.2, 0.25) is 0 Å². The molecule has 0 aliphatic heterocycles. The van der Waals surface area contributed by atoms with E-state index in [2.05, 4.69) is 25.0 Å². The van der Waals surface area contributed by atoms with E-state index in [1.54, 1.807) is 10.6 Å². The number of carbonyl (C=O) groups excluding carboxylic acids is 1. The molecule has 0 spiro atoms. The maximum absolute atomic E-state index is 12.6. The van der Waals surface area contributed by atoms with Crippen LogP contribution in [0.1, 0.15) is 36.2 Å². The number of carbonyl (C=O) groups is 1. The summed E-state index contributed by atoms with van der Waals surface area (Å²) in [6.07, 6.45) is 9.40. The lowest BCUT2D eigenvalue weighted by atomic mass is 9.95. The number of fused-ring (bicyclic) bond motifs is 1. The summed E-state index contributed by atoms with van der Waals surface area (Å²) in [7, 11) is 2.02. The lowest BCUT2D eigenvalue weighted by Gasteiger charge is -2.28. The Kier molecular flexibility index (Phi) is 4.44. The van der Waals surface area contributed by atoms with Gasteiger partial charge in [-0.05, 0) is 37.8 Å². The Balaban J connectivity index is 1.35. The predicted molar refractivity (Wildman–Crippen MR) is 95.6 cm³/mol. The standard InChI is InChI=1S/C17H20N6OS/c1-22-10-9-18-17(22)25-13-7-5-12(6-8-13)21-16(24)14-3-2-4-15-19-11-20-23(14)15/h2-4,9-13H,5-8H2,1H3,(H,21,24). The number of imidazole rings is 1. The summed E-state index contributed by atoms with van der Waals surface area (Å²) in [6.45, 7) is 0. The van der Waals surface area contributed by atoms with Gasteiger partial charge in [0.25, 0.3) is 5.91 Å². The smallest absolute Gasteiger partial charge is 0.270 e. The van der Waals surface area contributed by atoms with E-state index in [0.29, 0.717) is 16.6 Å². The van der Waals surface area contributed by atoms with Crippen LogP contribution in [-0.4, -0.2) is 41.3 Å². The number of aromatic nitrogens is 5. The Labute approximate surface area is 149 Å². The molecule has 1 N–H and O–H groups in total. The molecule has 0 saturated heterocycles. The average molecular weight is 356 g/mol. The molecule has 0 radical (unpaired) electrons. The van der Waals surface area contributed by atoms with Crippen molar-refractivity contribution in [3.05, 3.63) is 42.6 Å². The van der Waals surface area contributed by atoms with Crippen LogP contribution in [0.15, 0.2) is 42.1 Å². The zero-order chi connectivity index (χ0) is 17.2. The van der Waals surface area contributed by atoms with Crippen LogP contribution >= 0.6 is 11.8 Å². The maximum Gasteiger partial charge on any atom is 0.270 e. The fraction of sp³-hybridized carbons (Fsp3) is 0.412. The minimum Gasteiger partial charge on any atom is -0.348 e. The van der Waals surface area contributed by atoms with Crippen molar-refractivity contribution in [3.8, 4) is 0 Å². The molecule has 3 aromatic heterocycles. The van der Waals surface area contributed by atoms with Crippen LogP contribution in [0.3, 0.4) is 0 Å². The highest BCUT2D eigenvalue weighted by atomic mass is 32.2. The SMILES string of the molecule is Cn1ccnc1SC1CCC(NC(=O)c2cccc3ncnn23)CC1. The molecule has 4 rings (SSSR count). The number of hydrogen-bond donors (Lipinski definition) is 1. The van der Waals surface area contributed by atoms with Crippen LogP contribution in [0.5, 0.6) is 0 Å². The van der Waals surface area contributed by atoms with Gasteiger partial charge in [-0.3, -0.25) is 4.79 Å². The molecule has 1 amide bonds. The molecule has 25 heavy (non-hydrogen) atoms. The molecule has 130 valence electrons. The Morgan fingerprint density at radius 3 is 2.84 bits per heavy atom. The van der Waals surface area contributed by atoms with Crippen molar-refractivity contribution in [3.63, 3.8) is 0 Å². The zero-order valence-corrected chi connectivity index (χ0v) is 14.8. The fourth-order valence-electron chi connectivity index (χ4n) is 3.22. The highest BCUT2D eigenvalue weighted by molar-refractivity contribution is 7.99. The third-order valence-corrected chi connectivity index (χ3v) is 6.00. The summed E-state index contributed by atoms with van der Waals surface area (Å²) in [5, 5.41) is 8.90. The van der Waals surface area contributed by atoms with Crippen molar-refractivity contribution in [2.24, 2.45) is 7.05 Å². The first-order chi connectivity index (χ1) is 12.2. The molecule has 1 fully saturated rings. The van der Waals surface area contributed by atoms with Crippen LogP contribution in [0.4, 0.5) is 0 Å². The topological polar surface area (TPSA) is 77.1 Å². The molecule has 0 aromatic carbocycles. The van der Waals surface area contributed by atoms with Gasteiger partial charge in [-0.2, -0.15) is 5.10 Å². The van der Waals surface area contributed by atoms with E-state index in [4.69, 9.17) is 0 Å². The zero-order valence-electron chi connectivity index (χ0n) is 14.0. The highest BCUT2D eigenvalue weighted by Gasteiger charge is 2.25. The van der Waals surface area contributed by atoms with Crippen molar-refractivity contribution in [2.45, 2.75) is 42.1 Å². The lowest BCUT2D eigenvalue weighted by molar-refractivity contribution is 0.0920. The van der Waals surface area contributed by atoms with Crippen LogP contribution in [-0.2, 0) is 7.05 Å². The number of aryl methyl sites for hydroxylation is 1. The summed E-state index contributed by atoms with van der Waals surface area (Å²) in [5.74, 6) is -0.0868. The summed E-state index contributed by atoms with van der Waals surface area (Å²) < 4.78 is 3.63. The Hall–Kier alpha value is -2.35. The second kappa shape index (κ2) is 6.87. The van der Waals surface area contributed by atoms with Crippen molar-refractivity contribution >= 4 is 23.3 Å². The quantitative estimate of drug-likeness (QED) is 0.776. The predicted octanol–water partition coefficient (Wildman–Crippen LogP) is 2.30. The molecule has 1 aliphatic carbocycles. The number of pyridine rings is 1. The van der Waals surface area contributed by atoms with Crippen LogP contribution < -0.4 is 5.32 Å². The summed E-state index contributed by atoms with van der Waals surface area (Å²) in [6, 6.07) is 5.66. The van der Waals surface area contributed by atoms with Gasteiger partial charge in [-0.25, -0.2) is 14.5 Å². The highest BCUT2D eigenvalue weighted by Crippen LogP contribution is 2.32. The van der Waals surface area contributed by atoms with Gasteiger partial charge in [-0.15, -0.1) is 0 Å². The summed E-state index contributed by atoms with van der Waals surface area (Å²) >= 11 is 1.83. The minimum absolute atomic E-state index is 0.0868. The van der Waals surface area contributed by atoms with Gasteiger partial charge < -0.3 is 9.88 Å². The van der Waals surface area contributed by atoms with E-state index in [1.165, 1.54) is 6.33 Å². The average Bonchev–Trinajstić information content (AvgIpc) is 3.25. The monoisotopic (exact) mass is 356 g/mol. The Morgan fingerprint density at radius 2 is 2.08 bits per heavy atom. The van der Waals surface area contributed by atoms with Crippen molar-refractivity contribution in [2.75, 3.05) is 0 Å². The number of nitrogens with zero attached hydrogens (tertiary/aromatic N) is 5. The summed E-state index contributed by atoms with van der Waals surface area (Å²) in [4.78, 5) is 21.1. The van der Waals surface area contributed by atoms with Crippen molar-refractivity contribution in [1.82, 2.24) is 29.5 Å². The molecule has 0 bridgehead atoms. The molecular formula is C17H20N6OS. The lowest BCUT2D eigenvalue weighted by Crippen LogP contribution is -2.39. The molecule has 1 aliphatic rings. The molecule has 0 unspecified atom stereocenters. The van der Waals surface area contributed by atoms with Gasteiger partial charge in [0.15, 0.2) is 10.8 Å². The van der Waals surface area contributed by atoms with Crippen molar-refractivity contribution in [1.29, 1.82) is 0 Å². The van der Waals surface area contributed by atoms with Crippen LogP contribution in [0.25, 0.3) is 5.65 Å². The Bertz CT molecular complexity index is 880. The van der Waals surface area contributed by atoms with Crippen LogP contribution in [0, 0.1) is 0 Å². The molecule has 0 atom stereocenters. The first kappa shape index (κ1) is 16.1. The second-order valence-electron chi connectivity index (χ2n) is 6.33.